The zero-order valence-electron chi connectivity index (χ0n) is 14.2. The van der Waals surface area contributed by atoms with Gasteiger partial charge in [-0.3, -0.25) is 9.59 Å². The highest BCUT2D eigenvalue weighted by molar-refractivity contribution is 5.96. The molecule has 0 unspecified atom stereocenters. The van der Waals surface area contributed by atoms with E-state index in [1.165, 1.54) is 0 Å². The first-order chi connectivity index (χ1) is 12.7. The van der Waals surface area contributed by atoms with Gasteiger partial charge >= 0.3 is 0 Å². The Morgan fingerprint density at radius 2 is 2.00 bits per heavy atom. The average molecular weight is 349 g/mol. The number of aromatic amines is 1. The number of piperidine rings is 1. The number of carbonyl (C=O) groups excluding carboxylic acids is 1. The van der Waals surface area contributed by atoms with Crippen molar-refractivity contribution in [2.24, 2.45) is 0 Å². The molecule has 0 saturated carbocycles. The molecule has 0 bridgehead atoms. The topological polar surface area (TPSA) is 91.0 Å². The summed E-state index contributed by atoms with van der Waals surface area (Å²) in [6.45, 7) is 1.51. The zero-order valence-corrected chi connectivity index (χ0v) is 14.2. The van der Waals surface area contributed by atoms with E-state index in [2.05, 4.69) is 25.2 Å². The van der Waals surface area contributed by atoms with E-state index in [0.29, 0.717) is 17.9 Å². The number of anilines is 1. The van der Waals surface area contributed by atoms with Gasteiger partial charge in [0.05, 0.1) is 0 Å². The van der Waals surface area contributed by atoms with Crippen molar-refractivity contribution in [2.75, 3.05) is 18.0 Å². The van der Waals surface area contributed by atoms with E-state index in [9.17, 15) is 9.59 Å². The minimum absolute atomic E-state index is 0.0185. The smallest absolute Gasteiger partial charge is 0.268 e. The first-order valence-electron chi connectivity index (χ1n) is 8.65. The predicted molar refractivity (Wildman–Crippen MR) is 99.3 cm³/mol. The van der Waals surface area contributed by atoms with Gasteiger partial charge in [-0.2, -0.15) is 0 Å². The van der Waals surface area contributed by atoms with Crippen LogP contribution in [0.3, 0.4) is 0 Å². The van der Waals surface area contributed by atoms with E-state index < -0.39 is 0 Å². The lowest BCUT2D eigenvalue weighted by atomic mass is 10.1. The Morgan fingerprint density at radius 3 is 2.85 bits per heavy atom. The first kappa shape index (κ1) is 16.3. The molecule has 26 heavy (non-hydrogen) atoms. The molecule has 0 radical (unpaired) electrons. The molecule has 1 aliphatic heterocycles. The molecule has 2 aromatic heterocycles. The summed E-state index contributed by atoms with van der Waals surface area (Å²) in [6, 6.07) is 10.7. The van der Waals surface area contributed by atoms with Crippen LogP contribution in [0, 0.1) is 0 Å². The van der Waals surface area contributed by atoms with Crippen molar-refractivity contribution in [2.45, 2.75) is 18.9 Å². The molecule has 0 spiro atoms. The lowest BCUT2D eigenvalue weighted by Gasteiger charge is -2.33. The number of nitrogens with zero attached hydrogens (tertiary/aromatic N) is 3. The van der Waals surface area contributed by atoms with Crippen molar-refractivity contribution in [1.29, 1.82) is 0 Å². The number of pyridine rings is 1. The number of rotatable bonds is 3. The Kier molecular flexibility index (Phi) is 4.35. The van der Waals surface area contributed by atoms with Crippen molar-refractivity contribution in [3.8, 4) is 0 Å². The molecular formula is C19H19N5O2. The summed E-state index contributed by atoms with van der Waals surface area (Å²) in [4.78, 5) is 38.1. The molecule has 132 valence electrons. The highest BCUT2D eigenvalue weighted by atomic mass is 16.2. The van der Waals surface area contributed by atoms with Crippen molar-refractivity contribution in [3.05, 3.63) is 64.8 Å². The molecule has 1 amide bonds. The summed E-state index contributed by atoms with van der Waals surface area (Å²) in [5, 5.41) is 4.35. The molecule has 7 heteroatoms. The van der Waals surface area contributed by atoms with Crippen LogP contribution in [-0.4, -0.2) is 40.0 Å². The average Bonchev–Trinajstić information content (AvgIpc) is 2.69. The molecule has 3 heterocycles. The van der Waals surface area contributed by atoms with E-state index in [-0.39, 0.29) is 23.2 Å². The number of fused-ring (bicyclic) bond motifs is 1. The van der Waals surface area contributed by atoms with Crippen LogP contribution in [0.15, 0.2) is 53.6 Å². The van der Waals surface area contributed by atoms with Gasteiger partial charge in [-0.1, -0.05) is 18.2 Å². The monoisotopic (exact) mass is 349 g/mol. The van der Waals surface area contributed by atoms with Gasteiger partial charge < -0.3 is 15.2 Å². The quantitative estimate of drug-likeness (QED) is 0.751. The van der Waals surface area contributed by atoms with Gasteiger partial charge in [0.2, 0.25) is 5.95 Å². The Hall–Kier alpha value is -3.22. The molecule has 1 aromatic carbocycles. The number of amides is 1. The van der Waals surface area contributed by atoms with Gasteiger partial charge in [0.15, 0.2) is 0 Å². The Morgan fingerprint density at radius 1 is 1.19 bits per heavy atom. The minimum Gasteiger partial charge on any atom is -0.346 e. The lowest BCUT2D eigenvalue weighted by Crippen LogP contribution is -2.48. The highest BCUT2D eigenvalue weighted by Gasteiger charge is 2.23. The molecule has 3 aromatic rings. The van der Waals surface area contributed by atoms with Gasteiger partial charge in [0.25, 0.3) is 11.5 Å². The van der Waals surface area contributed by atoms with E-state index in [0.717, 1.165) is 24.8 Å². The second-order valence-electron chi connectivity index (χ2n) is 6.41. The van der Waals surface area contributed by atoms with Crippen LogP contribution in [0.1, 0.15) is 23.3 Å². The van der Waals surface area contributed by atoms with Crippen LogP contribution >= 0.6 is 0 Å². The summed E-state index contributed by atoms with van der Waals surface area (Å²) < 4.78 is 0. The highest BCUT2D eigenvalue weighted by Crippen LogP contribution is 2.16. The molecule has 1 saturated heterocycles. The summed E-state index contributed by atoms with van der Waals surface area (Å²) in [5.41, 5.74) is 0.0259. The predicted octanol–water partition coefficient (Wildman–Crippen LogP) is 1.72. The maximum Gasteiger partial charge on any atom is 0.268 e. The standard InChI is InChI=1S/C19H19N5O2/c25-17-15-7-2-1-5-13(15)11-16(23-17)18(26)22-14-6-3-10-24(12-14)19-20-8-4-9-21-19/h1-2,4-5,7-9,11,14H,3,6,10,12H2,(H,22,26)(H,23,25)/t14-/m1/s1. The van der Waals surface area contributed by atoms with Crippen molar-refractivity contribution in [3.63, 3.8) is 0 Å². The normalized spacial score (nSPS) is 17.2. The molecule has 4 rings (SSSR count). The fourth-order valence-electron chi connectivity index (χ4n) is 3.33. The Balaban J connectivity index is 1.50. The third-order valence-corrected chi connectivity index (χ3v) is 4.59. The maximum atomic E-state index is 12.6. The largest absolute Gasteiger partial charge is 0.346 e. The van der Waals surface area contributed by atoms with Crippen molar-refractivity contribution >= 4 is 22.6 Å². The maximum absolute atomic E-state index is 12.6. The van der Waals surface area contributed by atoms with Gasteiger partial charge in [0.1, 0.15) is 5.69 Å². The molecule has 0 aliphatic carbocycles. The van der Waals surface area contributed by atoms with E-state index in [1.807, 2.05) is 12.1 Å². The number of hydrogen-bond acceptors (Lipinski definition) is 5. The van der Waals surface area contributed by atoms with Gasteiger partial charge in [-0.25, -0.2) is 9.97 Å². The van der Waals surface area contributed by atoms with E-state index in [4.69, 9.17) is 0 Å². The fraction of sp³-hybridized carbons (Fsp3) is 0.263. The number of carbonyl (C=O) groups is 1. The number of benzene rings is 1. The number of nitrogens with one attached hydrogen (secondary N) is 2. The zero-order chi connectivity index (χ0) is 17.9. The Bertz CT molecular complexity index is 986. The summed E-state index contributed by atoms with van der Waals surface area (Å²) in [5.74, 6) is 0.402. The second kappa shape index (κ2) is 6.95. The van der Waals surface area contributed by atoms with E-state index >= 15 is 0 Å². The molecule has 1 fully saturated rings. The molecule has 1 aliphatic rings. The number of hydrogen-bond donors (Lipinski definition) is 2. The number of H-pyrrole nitrogens is 1. The van der Waals surface area contributed by atoms with Crippen LogP contribution < -0.4 is 15.8 Å². The first-order valence-corrected chi connectivity index (χ1v) is 8.65. The van der Waals surface area contributed by atoms with Gasteiger partial charge in [0, 0.05) is 36.9 Å². The van der Waals surface area contributed by atoms with Crippen molar-refractivity contribution in [1.82, 2.24) is 20.3 Å². The summed E-state index contributed by atoms with van der Waals surface area (Å²) in [6.07, 6.45) is 5.25. The van der Waals surface area contributed by atoms with Crippen LogP contribution in [0.2, 0.25) is 0 Å². The van der Waals surface area contributed by atoms with Crippen molar-refractivity contribution < 1.29 is 4.79 Å². The van der Waals surface area contributed by atoms with Crippen LogP contribution in [0.5, 0.6) is 0 Å². The third-order valence-electron chi connectivity index (χ3n) is 4.59. The van der Waals surface area contributed by atoms with Gasteiger partial charge in [-0.15, -0.1) is 0 Å². The second-order valence-corrected chi connectivity index (χ2v) is 6.41. The Labute approximate surface area is 150 Å². The van der Waals surface area contributed by atoms with Crippen LogP contribution in [0.25, 0.3) is 10.8 Å². The molecular weight excluding hydrogens is 330 g/mol. The lowest BCUT2D eigenvalue weighted by molar-refractivity contribution is 0.0928. The number of aromatic nitrogens is 3. The molecule has 1 atom stereocenters. The molecule has 7 nitrogen and oxygen atoms in total. The minimum atomic E-state index is -0.270. The SMILES string of the molecule is O=C(N[C@@H]1CCCN(c2ncccn2)C1)c1cc2ccccc2c(=O)[nH]1. The summed E-state index contributed by atoms with van der Waals surface area (Å²) >= 11 is 0. The fourth-order valence-corrected chi connectivity index (χ4v) is 3.33. The molecule has 2 N–H and O–H groups in total. The van der Waals surface area contributed by atoms with Crippen LogP contribution in [0.4, 0.5) is 5.95 Å². The third kappa shape index (κ3) is 3.28. The van der Waals surface area contributed by atoms with Gasteiger partial charge in [-0.05, 0) is 36.4 Å². The summed E-state index contributed by atoms with van der Waals surface area (Å²) in [7, 11) is 0. The van der Waals surface area contributed by atoms with Crippen LogP contribution in [-0.2, 0) is 0 Å². The van der Waals surface area contributed by atoms with E-state index in [1.54, 1.807) is 36.7 Å².